The number of aromatic nitrogens is 4. The molecule has 1 atom stereocenters. The van der Waals surface area contributed by atoms with Crippen LogP contribution in [0.1, 0.15) is 24.0 Å². The minimum absolute atomic E-state index is 0.0935. The quantitative estimate of drug-likeness (QED) is 0.241. The maximum atomic E-state index is 13.7. The van der Waals surface area contributed by atoms with Crippen molar-refractivity contribution >= 4 is 60.0 Å². The minimum Gasteiger partial charge on any atom is -0.352 e. The Kier molecular flexibility index (Phi) is 6.53. The number of hydrogen-bond donors (Lipinski definition) is 2. The lowest BCUT2D eigenvalue weighted by atomic mass is 9.84. The maximum Gasteiger partial charge on any atom is 0.224 e. The molecule has 3 aliphatic heterocycles. The molecule has 0 aliphatic carbocycles. The number of halogens is 1. The van der Waals surface area contributed by atoms with Gasteiger partial charge in [-0.25, -0.2) is 14.4 Å². The monoisotopic (exact) mass is 591 g/mol. The Balaban J connectivity index is 1.02. The van der Waals surface area contributed by atoms with Crippen molar-refractivity contribution in [2.45, 2.75) is 31.8 Å². The van der Waals surface area contributed by atoms with Gasteiger partial charge in [-0.1, -0.05) is 24.3 Å². The molecule has 2 bridgehead atoms. The van der Waals surface area contributed by atoms with Crippen molar-refractivity contribution in [2.75, 3.05) is 25.0 Å². The van der Waals surface area contributed by atoms with Gasteiger partial charge in [0.05, 0.1) is 30.1 Å². The number of fused-ring (bicyclic) bond motifs is 7. The summed E-state index contributed by atoms with van der Waals surface area (Å²) < 4.78 is 16.6. The van der Waals surface area contributed by atoms with Crippen molar-refractivity contribution in [3.05, 3.63) is 90.1 Å². The van der Waals surface area contributed by atoms with E-state index in [1.165, 1.54) is 25.0 Å². The molecule has 3 aliphatic rings. The third kappa shape index (κ3) is 5.10. The van der Waals surface area contributed by atoms with Gasteiger partial charge in [0.1, 0.15) is 22.8 Å². The van der Waals surface area contributed by atoms with Crippen LogP contribution in [0, 0.1) is 11.7 Å². The van der Waals surface area contributed by atoms with E-state index in [2.05, 4.69) is 42.7 Å². The molecule has 1 unspecified atom stereocenters. The number of nitrogens with one attached hydrogen (secondary N) is 2. The van der Waals surface area contributed by atoms with E-state index in [0.717, 1.165) is 73.5 Å². The van der Waals surface area contributed by atoms with Crippen LogP contribution in [0.25, 0.3) is 31.2 Å². The van der Waals surface area contributed by atoms with E-state index in [1.54, 1.807) is 23.7 Å². The predicted octanol–water partition coefficient (Wildman–Crippen LogP) is 5.88. The second kappa shape index (κ2) is 10.7. The van der Waals surface area contributed by atoms with Gasteiger partial charge in [-0.05, 0) is 79.4 Å². The summed E-state index contributed by atoms with van der Waals surface area (Å²) in [6.45, 7) is 3.79. The van der Waals surface area contributed by atoms with Gasteiger partial charge in [0.2, 0.25) is 5.91 Å². The Morgan fingerprint density at radius 1 is 1.02 bits per heavy atom. The van der Waals surface area contributed by atoms with Gasteiger partial charge < -0.3 is 15.5 Å². The number of piperidine rings is 3. The van der Waals surface area contributed by atoms with Crippen molar-refractivity contribution in [2.24, 2.45) is 5.92 Å². The van der Waals surface area contributed by atoms with Gasteiger partial charge >= 0.3 is 0 Å². The van der Waals surface area contributed by atoms with E-state index in [1.807, 2.05) is 41.2 Å². The Morgan fingerprint density at radius 3 is 2.77 bits per heavy atom. The number of hydrogen-bond acceptors (Lipinski definition) is 7. The number of carbonyl (C=O) groups is 1. The fourth-order valence-corrected chi connectivity index (χ4v) is 7.77. The zero-order chi connectivity index (χ0) is 28.9. The highest BCUT2D eigenvalue weighted by Crippen LogP contribution is 2.38. The summed E-state index contributed by atoms with van der Waals surface area (Å²) >= 11 is 1.61. The van der Waals surface area contributed by atoms with Crippen LogP contribution in [-0.2, 0) is 17.8 Å². The summed E-state index contributed by atoms with van der Waals surface area (Å²) in [5.74, 6) is 1.19. The Bertz CT molecular complexity index is 1990. The van der Waals surface area contributed by atoms with Crippen LogP contribution in [0.2, 0.25) is 0 Å². The second-order valence-corrected chi connectivity index (χ2v) is 12.7. The van der Waals surface area contributed by atoms with Gasteiger partial charge in [-0.15, -0.1) is 11.3 Å². The first-order valence-corrected chi connectivity index (χ1v) is 15.5. The van der Waals surface area contributed by atoms with Crippen LogP contribution >= 0.6 is 11.3 Å². The van der Waals surface area contributed by atoms with Gasteiger partial charge in [0.15, 0.2) is 0 Å². The zero-order valence-corrected chi connectivity index (χ0v) is 24.3. The normalized spacial score (nSPS) is 19.8. The fourth-order valence-electron chi connectivity index (χ4n) is 6.66. The number of benzene rings is 3. The molecule has 8 nitrogen and oxygen atoms in total. The number of nitrogens with zero attached hydrogens (tertiary/aromatic N) is 5. The molecule has 0 saturated carbocycles. The van der Waals surface area contributed by atoms with Crippen molar-refractivity contribution in [3.63, 3.8) is 0 Å². The lowest BCUT2D eigenvalue weighted by Crippen LogP contribution is -2.57. The highest BCUT2D eigenvalue weighted by atomic mass is 32.1. The van der Waals surface area contributed by atoms with Gasteiger partial charge in [-0.3, -0.25) is 9.48 Å². The van der Waals surface area contributed by atoms with Crippen molar-refractivity contribution in [3.8, 4) is 0 Å². The SMILES string of the molecule is O=C(Cc1ccc2c(c1)sc1ncnc(Nc3ccc4c(cnn4Cc4cccc(F)c4)c3)c12)NC1CN2CCC1CC2. The number of anilines is 2. The highest BCUT2D eigenvalue weighted by molar-refractivity contribution is 7.25. The molecule has 0 radical (unpaired) electrons. The lowest BCUT2D eigenvalue weighted by molar-refractivity contribution is -0.122. The maximum absolute atomic E-state index is 13.7. The van der Waals surface area contributed by atoms with Crippen molar-refractivity contribution in [1.29, 1.82) is 0 Å². The average molecular weight is 592 g/mol. The van der Waals surface area contributed by atoms with Crippen molar-refractivity contribution in [1.82, 2.24) is 30.0 Å². The molecule has 6 aromatic rings. The summed E-state index contributed by atoms with van der Waals surface area (Å²) in [4.78, 5) is 25.4. The zero-order valence-electron chi connectivity index (χ0n) is 23.5. The van der Waals surface area contributed by atoms with Gasteiger partial charge in [0.25, 0.3) is 0 Å². The van der Waals surface area contributed by atoms with Crippen LogP contribution in [-0.4, -0.2) is 56.2 Å². The first-order valence-electron chi connectivity index (χ1n) is 14.7. The Hall–Kier alpha value is -4.41. The summed E-state index contributed by atoms with van der Waals surface area (Å²) in [6.07, 6.45) is 6.15. The lowest BCUT2D eigenvalue weighted by Gasteiger charge is -2.44. The van der Waals surface area contributed by atoms with Gasteiger partial charge in [0, 0.05) is 33.7 Å². The summed E-state index contributed by atoms with van der Waals surface area (Å²) in [5.41, 5.74) is 3.71. The third-order valence-corrected chi connectivity index (χ3v) is 9.89. The number of carbonyl (C=O) groups excluding carboxylic acids is 1. The van der Waals surface area contributed by atoms with E-state index in [0.29, 0.717) is 18.9 Å². The smallest absolute Gasteiger partial charge is 0.224 e. The van der Waals surface area contributed by atoms with E-state index < -0.39 is 0 Å². The molecule has 0 spiro atoms. The molecule has 43 heavy (non-hydrogen) atoms. The van der Waals surface area contributed by atoms with E-state index >= 15 is 0 Å². The summed E-state index contributed by atoms with van der Waals surface area (Å²) in [5, 5.41) is 14.3. The molecule has 1 amide bonds. The first-order chi connectivity index (χ1) is 21.1. The van der Waals surface area contributed by atoms with E-state index in [4.69, 9.17) is 0 Å². The Labute approximate surface area is 251 Å². The highest BCUT2D eigenvalue weighted by Gasteiger charge is 2.34. The van der Waals surface area contributed by atoms with Crippen molar-refractivity contribution < 1.29 is 9.18 Å². The van der Waals surface area contributed by atoms with Crippen LogP contribution in [0.4, 0.5) is 15.9 Å². The first kappa shape index (κ1) is 26.2. The molecule has 9 rings (SSSR count). The summed E-state index contributed by atoms with van der Waals surface area (Å²) in [7, 11) is 0. The molecule has 3 aromatic carbocycles. The number of amides is 1. The molecular formula is C33H30FN7OS. The molecule has 3 saturated heterocycles. The molecular weight excluding hydrogens is 561 g/mol. The Morgan fingerprint density at radius 2 is 1.93 bits per heavy atom. The topological polar surface area (TPSA) is 88.0 Å². The van der Waals surface area contributed by atoms with Gasteiger partial charge in [-0.2, -0.15) is 5.10 Å². The molecule has 3 aromatic heterocycles. The van der Waals surface area contributed by atoms with E-state index in [9.17, 15) is 9.18 Å². The molecule has 216 valence electrons. The average Bonchev–Trinajstić information content (AvgIpc) is 3.58. The molecule has 3 fully saturated rings. The van der Waals surface area contributed by atoms with Crippen LogP contribution in [0.15, 0.2) is 73.2 Å². The van der Waals surface area contributed by atoms with Crippen LogP contribution in [0.5, 0.6) is 0 Å². The minimum atomic E-state index is -0.251. The third-order valence-electron chi connectivity index (χ3n) is 8.83. The summed E-state index contributed by atoms with van der Waals surface area (Å²) in [6, 6.07) is 19.2. The van der Waals surface area contributed by atoms with Crippen LogP contribution < -0.4 is 10.6 Å². The molecule has 10 heteroatoms. The second-order valence-electron chi connectivity index (χ2n) is 11.7. The fraction of sp³-hybridized carbons (Fsp3) is 0.273. The number of rotatable bonds is 7. The largest absolute Gasteiger partial charge is 0.352 e. The standard InChI is InChI=1S/C33H30FN7OS/c34-24-3-1-2-21(12-24)17-41-28-7-5-25(15-23(28)16-37-41)38-32-31-26-6-4-20(13-29(26)43-33(31)36-19-35-32)14-30(42)39-27-18-40-10-8-22(27)9-11-40/h1-7,12-13,15-16,19,22,27H,8-11,14,17-18H2,(H,39,42)(H,35,36,38). The van der Waals surface area contributed by atoms with Crippen LogP contribution in [0.3, 0.4) is 0 Å². The van der Waals surface area contributed by atoms with E-state index in [-0.39, 0.29) is 17.8 Å². The number of thiophene rings is 1. The molecule has 6 heterocycles. The predicted molar refractivity (Wildman–Crippen MR) is 168 cm³/mol. The molecule has 2 N–H and O–H groups in total.